The second-order valence-corrected chi connectivity index (χ2v) is 22.6. The Hall–Kier alpha value is -2.54. The van der Waals surface area contributed by atoms with Gasteiger partial charge in [0.2, 0.25) is 0 Å². The van der Waals surface area contributed by atoms with Gasteiger partial charge in [-0.15, -0.1) is 0 Å². The van der Waals surface area contributed by atoms with Crippen LogP contribution in [-0.2, 0) is 0 Å². The summed E-state index contributed by atoms with van der Waals surface area (Å²) in [5.74, 6) is 3.10. The van der Waals surface area contributed by atoms with Crippen LogP contribution >= 0.6 is 14.5 Å². The third-order valence-corrected chi connectivity index (χ3v) is 9.71. The molecule has 2 aromatic carbocycles. The molecule has 42 heavy (non-hydrogen) atoms. The van der Waals surface area contributed by atoms with Gasteiger partial charge in [-0.2, -0.15) is 0 Å². The lowest BCUT2D eigenvalue weighted by Gasteiger charge is -2.14. The summed E-state index contributed by atoms with van der Waals surface area (Å²) in [4.78, 5) is 0. The zero-order valence-electron chi connectivity index (χ0n) is 27.5. The molecule has 2 rings (SSSR count). The summed E-state index contributed by atoms with van der Waals surface area (Å²) in [6.45, 7) is 22.0. The second-order valence-electron chi connectivity index (χ2n) is 12.6. The van der Waals surface area contributed by atoms with Crippen LogP contribution in [0.1, 0.15) is 37.3 Å². The van der Waals surface area contributed by atoms with Crippen molar-refractivity contribution >= 4 is 26.7 Å². The van der Waals surface area contributed by atoms with Crippen molar-refractivity contribution in [2.75, 3.05) is 79.7 Å². The first-order valence-electron chi connectivity index (χ1n) is 14.8. The molecule has 0 aliphatic heterocycles. The van der Waals surface area contributed by atoms with E-state index >= 15 is 0 Å². The largest absolute Gasteiger partial charge is 0.493 e. The van der Waals surface area contributed by atoms with Crippen molar-refractivity contribution in [1.29, 1.82) is 0 Å². The average Bonchev–Trinajstić information content (AvgIpc) is 2.92. The summed E-state index contributed by atoms with van der Waals surface area (Å²) >= 11 is 0. The van der Waals surface area contributed by atoms with Crippen molar-refractivity contribution in [1.82, 2.24) is 0 Å². The molecule has 0 atom stereocenters. The van der Waals surface area contributed by atoms with E-state index in [1.54, 1.807) is 14.2 Å². The van der Waals surface area contributed by atoms with Crippen LogP contribution in [0.25, 0.3) is 12.2 Å². The highest BCUT2D eigenvalue weighted by molar-refractivity contribution is 7.74. The molecule has 4 nitrogen and oxygen atoms in total. The molecular formula is C36H54O4P2+2. The average molecular weight is 613 g/mol. The first-order chi connectivity index (χ1) is 19.8. The maximum Gasteiger partial charge on any atom is 0.161 e. The molecule has 0 aromatic heterocycles. The molecule has 0 N–H and O–H groups in total. The maximum absolute atomic E-state index is 6.03. The van der Waals surface area contributed by atoms with Gasteiger partial charge in [-0.1, -0.05) is 61.6 Å². The molecule has 0 aliphatic carbocycles. The van der Waals surface area contributed by atoms with Crippen LogP contribution in [0.5, 0.6) is 23.0 Å². The maximum atomic E-state index is 6.03. The molecular weight excluding hydrogens is 558 g/mol. The van der Waals surface area contributed by atoms with Crippen LogP contribution in [0.3, 0.4) is 0 Å². The van der Waals surface area contributed by atoms with Crippen molar-refractivity contribution in [2.24, 2.45) is 0 Å². The highest BCUT2D eigenvalue weighted by Gasteiger charge is 2.18. The lowest BCUT2D eigenvalue weighted by Crippen LogP contribution is -2.06. The summed E-state index contributed by atoms with van der Waals surface area (Å²) in [5, 5.41) is 0. The van der Waals surface area contributed by atoms with E-state index in [9.17, 15) is 0 Å². The van der Waals surface area contributed by atoms with Gasteiger partial charge in [0.1, 0.15) is 6.61 Å². The first kappa shape index (κ1) is 35.7. The fourth-order valence-corrected chi connectivity index (χ4v) is 5.88. The van der Waals surface area contributed by atoms with Crippen LogP contribution in [0.4, 0.5) is 0 Å². The summed E-state index contributed by atoms with van der Waals surface area (Å²) in [6, 6.07) is 12.2. The molecule has 0 radical (unpaired) electrons. The number of methoxy groups -OCH3 is 2. The Kier molecular flexibility index (Phi) is 14.9. The van der Waals surface area contributed by atoms with Gasteiger partial charge >= 0.3 is 0 Å². The van der Waals surface area contributed by atoms with Crippen molar-refractivity contribution in [2.45, 2.75) is 26.2 Å². The Morgan fingerprint density at radius 2 is 1.24 bits per heavy atom. The van der Waals surface area contributed by atoms with Gasteiger partial charge in [0.25, 0.3) is 0 Å². The van der Waals surface area contributed by atoms with Crippen LogP contribution in [-0.4, -0.2) is 79.7 Å². The van der Waals surface area contributed by atoms with Gasteiger partial charge in [0, 0.05) is 60.9 Å². The van der Waals surface area contributed by atoms with Gasteiger partial charge in [0.05, 0.1) is 33.2 Å². The van der Waals surface area contributed by atoms with Gasteiger partial charge in [-0.05, 0) is 53.8 Å². The number of ether oxygens (including phenoxy) is 4. The molecule has 0 saturated carbocycles. The smallest absolute Gasteiger partial charge is 0.161 e. The van der Waals surface area contributed by atoms with Gasteiger partial charge in [-0.25, -0.2) is 0 Å². The van der Waals surface area contributed by atoms with Gasteiger partial charge in [0.15, 0.2) is 23.0 Å². The van der Waals surface area contributed by atoms with E-state index in [2.05, 4.69) is 96.0 Å². The predicted molar refractivity (Wildman–Crippen MR) is 191 cm³/mol. The molecule has 0 bridgehead atoms. The standard InChI is InChI=1S/C36H54O4P2/c1-11-13-30(16-17-32-19-21-34(36(28-32)38-4)40-23-25-42(8,9)10)26-29(2)14-15-31-18-20-33(35(27-31)37-3)39-22-12-24-41(5,6)7/h13-21,27-28H,2,11-12,22-26H2,1,3-10H3/q+2/b15-14+,17-16+,30-13+. The lowest BCUT2D eigenvalue weighted by atomic mass is 10.0. The zero-order chi connectivity index (χ0) is 31.2. The van der Waals surface area contributed by atoms with E-state index in [1.165, 1.54) is 11.7 Å². The summed E-state index contributed by atoms with van der Waals surface area (Å²) in [6.07, 6.45) is 15.8. The minimum absolute atomic E-state index is 0.711. The Balaban J connectivity index is 2.01. The predicted octanol–water partition coefficient (Wildman–Crippen LogP) is 9.67. The zero-order valence-corrected chi connectivity index (χ0v) is 29.3. The van der Waals surface area contributed by atoms with Gasteiger partial charge < -0.3 is 18.9 Å². The Bertz CT molecular complexity index is 1230. The van der Waals surface area contributed by atoms with Crippen LogP contribution in [0.15, 0.2) is 72.4 Å². The normalized spacial score (nSPS) is 12.6. The minimum Gasteiger partial charge on any atom is -0.493 e. The van der Waals surface area contributed by atoms with E-state index < -0.39 is 14.5 Å². The third kappa shape index (κ3) is 14.1. The summed E-state index contributed by atoms with van der Waals surface area (Å²) < 4.78 is 23.3. The molecule has 0 saturated heterocycles. The molecule has 0 amide bonds. The van der Waals surface area contributed by atoms with E-state index in [0.717, 1.165) is 65.1 Å². The molecule has 0 spiro atoms. The highest BCUT2D eigenvalue weighted by Crippen LogP contribution is 2.47. The first-order valence-corrected chi connectivity index (χ1v) is 21.4. The van der Waals surface area contributed by atoms with E-state index in [1.807, 2.05) is 24.3 Å². The lowest BCUT2D eigenvalue weighted by molar-refractivity contribution is 0.295. The molecule has 0 heterocycles. The van der Waals surface area contributed by atoms with E-state index in [0.29, 0.717) is 13.2 Å². The molecule has 230 valence electrons. The number of rotatable bonds is 18. The molecule has 2 aromatic rings. The van der Waals surface area contributed by atoms with Crippen LogP contribution < -0.4 is 18.9 Å². The number of benzene rings is 2. The van der Waals surface area contributed by atoms with Crippen molar-refractivity contribution in [3.63, 3.8) is 0 Å². The van der Waals surface area contributed by atoms with Crippen LogP contribution in [0, 0.1) is 0 Å². The number of hydrogen-bond acceptors (Lipinski definition) is 4. The van der Waals surface area contributed by atoms with E-state index in [-0.39, 0.29) is 0 Å². The van der Waals surface area contributed by atoms with Crippen LogP contribution in [0.2, 0.25) is 0 Å². The van der Waals surface area contributed by atoms with Crippen molar-refractivity contribution in [3.8, 4) is 23.0 Å². The topological polar surface area (TPSA) is 36.9 Å². The summed E-state index contributed by atoms with van der Waals surface area (Å²) in [7, 11) is 1.73. The SMILES string of the molecule is C=C(/C=C/c1ccc(OCCC[P+](C)(C)C)c(OC)c1)CC(=C/CC)/C=C/c1ccc(OCC[P+](C)(C)C)c(OC)c1. The van der Waals surface area contributed by atoms with E-state index in [4.69, 9.17) is 18.9 Å². The third-order valence-electron chi connectivity index (χ3n) is 6.52. The van der Waals surface area contributed by atoms with Crippen molar-refractivity contribution in [3.05, 3.63) is 83.5 Å². The molecule has 0 fully saturated rings. The fourth-order valence-electron chi connectivity index (χ4n) is 4.16. The van der Waals surface area contributed by atoms with Crippen molar-refractivity contribution < 1.29 is 18.9 Å². The Labute approximate surface area is 257 Å². The number of hydrogen-bond donors (Lipinski definition) is 0. The molecule has 6 heteroatoms. The number of allylic oxidation sites excluding steroid dienone is 5. The fraction of sp³-hybridized carbons (Fsp3) is 0.444. The Morgan fingerprint density at radius 3 is 1.74 bits per heavy atom. The Morgan fingerprint density at radius 1 is 0.714 bits per heavy atom. The molecule has 0 aliphatic rings. The summed E-state index contributed by atoms with van der Waals surface area (Å²) in [5.41, 5.74) is 4.38. The second kappa shape index (κ2) is 17.5. The quantitative estimate of drug-likeness (QED) is 0.0954. The monoisotopic (exact) mass is 612 g/mol. The molecule has 0 unspecified atom stereocenters. The highest BCUT2D eigenvalue weighted by atomic mass is 31.2. The van der Waals surface area contributed by atoms with Gasteiger partial charge in [-0.3, -0.25) is 0 Å². The minimum atomic E-state index is -0.869.